The average molecular weight is 274 g/mol. The summed E-state index contributed by atoms with van der Waals surface area (Å²) in [6.07, 6.45) is 5.54. The maximum atomic E-state index is 11.3. The molecule has 1 heterocycles. The van der Waals surface area contributed by atoms with Crippen LogP contribution in [0.4, 0.5) is 0 Å². The first-order valence-corrected chi connectivity index (χ1v) is 8.74. The second-order valence-corrected chi connectivity index (χ2v) is 8.18. The predicted molar refractivity (Wildman–Crippen MR) is 73.6 cm³/mol. The molecule has 0 amide bonds. The van der Waals surface area contributed by atoms with Crippen molar-refractivity contribution >= 4 is 10.0 Å². The second kappa shape index (κ2) is 5.47. The lowest BCUT2D eigenvalue weighted by Crippen LogP contribution is -2.50. The topological polar surface area (TPSA) is 72.2 Å². The number of hydrogen-bond acceptors (Lipinski definition) is 3. The number of piperidine rings is 1. The Morgan fingerprint density at radius 1 is 1.06 bits per heavy atom. The van der Waals surface area contributed by atoms with E-state index in [9.17, 15) is 8.42 Å². The molecule has 0 aromatic carbocycles. The smallest absolute Gasteiger partial charge is 0.213 e. The molecule has 5 heteroatoms. The molecule has 1 saturated carbocycles. The van der Waals surface area contributed by atoms with E-state index in [2.05, 4.69) is 19.2 Å². The standard InChI is InChI=1S/C13H26N2O2S/c1-9-3-4-11(7-10(9)2)13-6-5-12(8-15-13)18(14,16)17/h9-13,15H,3-8H2,1-2H3,(H2,14,16,17). The van der Waals surface area contributed by atoms with Crippen LogP contribution >= 0.6 is 0 Å². The highest BCUT2D eigenvalue weighted by molar-refractivity contribution is 7.89. The van der Waals surface area contributed by atoms with E-state index >= 15 is 0 Å². The van der Waals surface area contributed by atoms with Gasteiger partial charge in [0.25, 0.3) is 0 Å². The van der Waals surface area contributed by atoms with Gasteiger partial charge in [0.15, 0.2) is 0 Å². The predicted octanol–water partition coefficient (Wildman–Crippen LogP) is 1.47. The molecule has 3 N–H and O–H groups in total. The number of primary sulfonamides is 1. The minimum atomic E-state index is -3.36. The molecule has 1 saturated heterocycles. The van der Waals surface area contributed by atoms with E-state index in [1.54, 1.807) is 0 Å². The molecule has 2 fully saturated rings. The normalized spacial score (nSPS) is 42.7. The summed E-state index contributed by atoms with van der Waals surface area (Å²) in [7, 11) is -3.36. The highest BCUT2D eigenvalue weighted by atomic mass is 32.2. The monoisotopic (exact) mass is 274 g/mol. The number of nitrogens with two attached hydrogens (primary N) is 1. The second-order valence-electron chi connectivity index (χ2n) is 6.33. The molecular formula is C13H26N2O2S. The van der Waals surface area contributed by atoms with Gasteiger partial charge in [-0.05, 0) is 43.4 Å². The molecule has 1 aliphatic heterocycles. The summed E-state index contributed by atoms with van der Waals surface area (Å²) in [5.74, 6) is 2.35. The lowest BCUT2D eigenvalue weighted by Gasteiger charge is -2.40. The van der Waals surface area contributed by atoms with Gasteiger partial charge in [-0.15, -0.1) is 0 Å². The summed E-state index contributed by atoms with van der Waals surface area (Å²) in [6, 6.07) is 0.498. The fourth-order valence-corrected chi connectivity index (χ4v) is 4.28. The van der Waals surface area contributed by atoms with Crippen LogP contribution in [0.15, 0.2) is 0 Å². The molecule has 0 aromatic rings. The third-order valence-electron chi connectivity index (χ3n) is 5.08. The van der Waals surface area contributed by atoms with Gasteiger partial charge in [0.1, 0.15) is 0 Å². The average Bonchev–Trinajstić information content (AvgIpc) is 2.32. The molecule has 18 heavy (non-hydrogen) atoms. The highest BCUT2D eigenvalue weighted by Crippen LogP contribution is 2.36. The Balaban J connectivity index is 1.87. The molecule has 5 atom stereocenters. The molecule has 5 unspecified atom stereocenters. The van der Waals surface area contributed by atoms with Gasteiger partial charge in [0.05, 0.1) is 5.25 Å². The lowest BCUT2D eigenvalue weighted by atomic mass is 9.72. The van der Waals surface area contributed by atoms with Crippen molar-refractivity contribution < 1.29 is 8.42 Å². The number of rotatable bonds is 2. The molecule has 4 nitrogen and oxygen atoms in total. The minimum absolute atomic E-state index is 0.381. The van der Waals surface area contributed by atoms with Crippen molar-refractivity contribution in [3.05, 3.63) is 0 Å². The first-order valence-electron chi connectivity index (χ1n) is 7.13. The first-order chi connectivity index (χ1) is 8.38. The van der Waals surface area contributed by atoms with Crippen molar-refractivity contribution in [2.24, 2.45) is 22.9 Å². The van der Waals surface area contributed by atoms with Crippen LogP contribution in [0.5, 0.6) is 0 Å². The quantitative estimate of drug-likeness (QED) is 0.801. The zero-order chi connectivity index (χ0) is 13.3. The number of hydrogen-bond donors (Lipinski definition) is 2. The van der Waals surface area contributed by atoms with Crippen LogP contribution in [0.3, 0.4) is 0 Å². The molecule has 0 aromatic heterocycles. The molecule has 0 radical (unpaired) electrons. The summed E-state index contributed by atoms with van der Waals surface area (Å²) in [5.41, 5.74) is 0. The third-order valence-corrected chi connectivity index (χ3v) is 6.41. The molecule has 1 aliphatic carbocycles. The van der Waals surface area contributed by atoms with Gasteiger partial charge in [-0.2, -0.15) is 0 Å². The van der Waals surface area contributed by atoms with Crippen molar-refractivity contribution in [1.29, 1.82) is 0 Å². The molecule has 2 rings (SSSR count). The van der Waals surface area contributed by atoms with E-state index in [-0.39, 0.29) is 5.25 Å². The van der Waals surface area contributed by atoms with E-state index < -0.39 is 10.0 Å². The van der Waals surface area contributed by atoms with E-state index in [4.69, 9.17) is 5.14 Å². The summed E-state index contributed by atoms with van der Waals surface area (Å²) < 4.78 is 22.6. The van der Waals surface area contributed by atoms with Crippen LogP contribution < -0.4 is 10.5 Å². The van der Waals surface area contributed by atoms with Crippen molar-refractivity contribution in [1.82, 2.24) is 5.32 Å². The molecular weight excluding hydrogens is 248 g/mol. The van der Waals surface area contributed by atoms with Crippen molar-refractivity contribution in [2.45, 2.75) is 57.2 Å². The van der Waals surface area contributed by atoms with Crippen LogP contribution in [0.1, 0.15) is 46.0 Å². The summed E-state index contributed by atoms with van der Waals surface area (Å²) in [4.78, 5) is 0. The molecule has 106 valence electrons. The van der Waals surface area contributed by atoms with Crippen LogP contribution in [0, 0.1) is 17.8 Å². The summed E-state index contributed by atoms with van der Waals surface area (Å²) >= 11 is 0. The summed E-state index contributed by atoms with van der Waals surface area (Å²) in [6.45, 7) is 5.21. The largest absolute Gasteiger partial charge is 0.312 e. The summed E-state index contributed by atoms with van der Waals surface area (Å²) in [5, 5.41) is 8.25. The zero-order valence-electron chi connectivity index (χ0n) is 11.4. The Labute approximate surface area is 111 Å². The maximum Gasteiger partial charge on any atom is 0.213 e. The lowest BCUT2D eigenvalue weighted by molar-refractivity contribution is 0.157. The minimum Gasteiger partial charge on any atom is -0.312 e. The molecule has 2 aliphatic rings. The van der Waals surface area contributed by atoms with Gasteiger partial charge in [0, 0.05) is 12.6 Å². The Hall–Kier alpha value is -0.130. The Kier molecular flexibility index (Phi) is 4.34. The number of nitrogens with one attached hydrogen (secondary N) is 1. The zero-order valence-corrected chi connectivity index (χ0v) is 12.2. The van der Waals surface area contributed by atoms with Crippen LogP contribution in [-0.2, 0) is 10.0 Å². The van der Waals surface area contributed by atoms with Crippen molar-refractivity contribution in [3.63, 3.8) is 0 Å². The Bertz CT molecular complexity index is 374. The van der Waals surface area contributed by atoms with E-state index in [0.717, 1.165) is 30.6 Å². The molecule has 0 spiro atoms. The van der Waals surface area contributed by atoms with Gasteiger partial charge in [-0.3, -0.25) is 0 Å². The van der Waals surface area contributed by atoms with E-state index in [1.165, 1.54) is 19.3 Å². The third kappa shape index (κ3) is 3.25. The van der Waals surface area contributed by atoms with Crippen LogP contribution in [0.25, 0.3) is 0 Å². The van der Waals surface area contributed by atoms with Gasteiger partial charge in [-0.25, -0.2) is 13.6 Å². The van der Waals surface area contributed by atoms with Crippen molar-refractivity contribution in [2.75, 3.05) is 6.54 Å². The van der Waals surface area contributed by atoms with E-state index in [0.29, 0.717) is 12.6 Å². The van der Waals surface area contributed by atoms with E-state index in [1.807, 2.05) is 0 Å². The maximum absolute atomic E-state index is 11.3. The van der Waals surface area contributed by atoms with Gasteiger partial charge in [-0.1, -0.05) is 20.3 Å². The fraction of sp³-hybridized carbons (Fsp3) is 1.00. The molecule has 0 bridgehead atoms. The highest BCUT2D eigenvalue weighted by Gasteiger charge is 2.34. The Morgan fingerprint density at radius 2 is 1.78 bits per heavy atom. The van der Waals surface area contributed by atoms with Crippen LogP contribution in [0.2, 0.25) is 0 Å². The van der Waals surface area contributed by atoms with Crippen LogP contribution in [-0.4, -0.2) is 26.3 Å². The fourth-order valence-electron chi connectivity index (χ4n) is 3.49. The van der Waals surface area contributed by atoms with Gasteiger partial charge >= 0.3 is 0 Å². The van der Waals surface area contributed by atoms with Gasteiger partial charge in [0.2, 0.25) is 10.0 Å². The number of sulfonamides is 1. The van der Waals surface area contributed by atoms with Gasteiger partial charge < -0.3 is 5.32 Å². The Morgan fingerprint density at radius 3 is 2.28 bits per heavy atom. The van der Waals surface area contributed by atoms with Crippen molar-refractivity contribution in [3.8, 4) is 0 Å². The first kappa shape index (κ1) is 14.3. The SMILES string of the molecule is CC1CCC(C2CCC(S(N)(=O)=O)CN2)CC1C.